The number of hydrogen-bond acceptors (Lipinski definition) is 5. The van der Waals surface area contributed by atoms with E-state index in [2.05, 4.69) is 5.32 Å². The minimum absolute atomic E-state index is 0.0336. The third kappa shape index (κ3) is 4.01. The van der Waals surface area contributed by atoms with Gasteiger partial charge in [-0.2, -0.15) is 0 Å². The highest BCUT2D eigenvalue weighted by molar-refractivity contribution is 6.33. The van der Waals surface area contributed by atoms with E-state index < -0.39 is 36.4 Å². The van der Waals surface area contributed by atoms with Crippen LogP contribution in [0, 0.1) is 23.7 Å². The number of imide groups is 1. The van der Waals surface area contributed by atoms with Crippen LogP contribution in [0.25, 0.3) is 0 Å². The molecule has 3 amide bonds. The molecule has 7 nitrogen and oxygen atoms in total. The number of anilines is 1. The van der Waals surface area contributed by atoms with E-state index in [9.17, 15) is 19.2 Å². The molecule has 2 aromatic rings. The summed E-state index contributed by atoms with van der Waals surface area (Å²) in [7, 11) is 0. The standard InChI is InChI=1S/C26H23ClN2O5/c27-18-8-4-5-9-19(18)28-21(30)14-34-26(33)20(12-15-6-2-1-3-7-15)29-24(31)22-16-10-11-17(13-16)23(22)25(29)32/h1-11,16-17,20,22-23H,12-14H2,(H,28,30)/t16-,17-,20-,22-,23-/m0/s1. The fourth-order valence-electron chi connectivity index (χ4n) is 5.33. The highest BCUT2D eigenvalue weighted by Crippen LogP contribution is 2.53. The Labute approximate surface area is 201 Å². The Morgan fingerprint density at radius 3 is 2.24 bits per heavy atom. The van der Waals surface area contributed by atoms with Gasteiger partial charge in [0.1, 0.15) is 6.04 Å². The highest BCUT2D eigenvalue weighted by Gasteiger charge is 2.61. The second kappa shape index (κ2) is 9.06. The first-order valence-corrected chi connectivity index (χ1v) is 11.6. The average molecular weight is 479 g/mol. The Balaban J connectivity index is 1.32. The van der Waals surface area contributed by atoms with Gasteiger partial charge in [-0.3, -0.25) is 19.3 Å². The van der Waals surface area contributed by atoms with Crippen molar-refractivity contribution in [2.45, 2.75) is 18.9 Å². The van der Waals surface area contributed by atoms with Gasteiger partial charge in [-0.15, -0.1) is 0 Å². The summed E-state index contributed by atoms with van der Waals surface area (Å²) >= 11 is 6.06. The molecule has 2 bridgehead atoms. The van der Waals surface area contributed by atoms with Crippen LogP contribution in [-0.4, -0.2) is 41.2 Å². The smallest absolute Gasteiger partial charge is 0.330 e. The van der Waals surface area contributed by atoms with Crippen LogP contribution >= 0.6 is 11.6 Å². The second-order valence-electron chi connectivity index (χ2n) is 8.89. The third-order valence-electron chi connectivity index (χ3n) is 6.85. The Kier molecular flexibility index (Phi) is 5.96. The van der Waals surface area contributed by atoms with Gasteiger partial charge < -0.3 is 10.1 Å². The van der Waals surface area contributed by atoms with Crippen LogP contribution in [0.15, 0.2) is 66.7 Å². The Bertz CT molecular complexity index is 1150. The maximum Gasteiger partial charge on any atom is 0.330 e. The number of para-hydroxylation sites is 1. The number of nitrogens with zero attached hydrogens (tertiary/aromatic N) is 1. The predicted molar refractivity (Wildman–Crippen MR) is 125 cm³/mol. The first-order valence-electron chi connectivity index (χ1n) is 11.2. The van der Waals surface area contributed by atoms with Gasteiger partial charge in [0.05, 0.1) is 22.5 Å². The lowest BCUT2D eigenvalue weighted by molar-refractivity contribution is -0.160. The summed E-state index contributed by atoms with van der Waals surface area (Å²) in [5.74, 6) is -2.79. The van der Waals surface area contributed by atoms with Crippen LogP contribution in [0.2, 0.25) is 5.02 Å². The van der Waals surface area contributed by atoms with Crippen LogP contribution < -0.4 is 5.32 Å². The minimum atomic E-state index is -1.14. The number of halogens is 1. The summed E-state index contributed by atoms with van der Waals surface area (Å²) < 4.78 is 5.29. The molecule has 2 aromatic carbocycles. The van der Waals surface area contributed by atoms with Gasteiger partial charge in [0, 0.05) is 6.42 Å². The zero-order valence-corrected chi connectivity index (χ0v) is 19.0. The van der Waals surface area contributed by atoms with Crippen molar-refractivity contribution < 1.29 is 23.9 Å². The maximum absolute atomic E-state index is 13.3. The van der Waals surface area contributed by atoms with E-state index >= 15 is 0 Å². The summed E-state index contributed by atoms with van der Waals surface area (Å²) in [5, 5.41) is 2.94. The molecular weight excluding hydrogens is 456 g/mol. The van der Waals surface area contributed by atoms with Crippen molar-refractivity contribution in [3.05, 3.63) is 77.3 Å². The average Bonchev–Trinajstić information content (AvgIpc) is 3.52. The number of likely N-dealkylation sites (tertiary alicyclic amines) is 1. The van der Waals surface area contributed by atoms with E-state index in [1.165, 1.54) is 0 Å². The Hall–Kier alpha value is -3.45. The first-order chi connectivity index (χ1) is 16.4. The lowest BCUT2D eigenvalue weighted by Crippen LogP contribution is -2.48. The number of esters is 1. The number of rotatable bonds is 7. The fourth-order valence-corrected chi connectivity index (χ4v) is 5.51. The molecule has 1 N–H and O–H groups in total. The molecule has 8 heteroatoms. The molecule has 2 aliphatic carbocycles. The lowest BCUT2D eigenvalue weighted by atomic mass is 9.85. The van der Waals surface area contributed by atoms with Gasteiger partial charge >= 0.3 is 5.97 Å². The van der Waals surface area contributed by atoms with E-state index in [1.807, 2.05) is 42.5 Å². The van der Waals surface area contributed by atoms with E-state index in [-0.39, 0.29) is 30.1 Å². The molecule has 0 spiro atoms. The SMILES string of the molecule is O=C(COC(=O)[C@H](Cc1ccccc1)N1C(=O)[C@@H]2[C@@H](C1=O)[C@H]1C=C[C@H]2C1)Nc1ccccc1Cl. The fraction of sp³-hybridized carbons (Fsp3) is 0.308. The molecule has 5 rings (SSSR count). The summed E-state index contributed by atoms with van der Waals surface area (Å²) in [4.78, 5) is 53.2. The third-order valence-corrected chi connectivity index (χ3v) is 7.18. The number of nitrogens with one attached hydrogen (secondary N) is 1. The number of ether oxygens (including phenoxy) is 1. The second-order valence-corrected chi connectivity index (χ2v) is 9.29. The van der Waals surface area contributed by atoms with Gasteiger partial charge in [-0.25, -0.2) is 4.79 Å². The van der Waals surface area contributed by atoms with Crippen molar-refractivity contribution >= 4 is 41.0 Å². The molecule has 1 saturated heterocycles. The van der Waals surface area contributed by atoms with Gasteiger partial charge in [0.15, 0.2) is 6.61 Å². The monoisotopic (exact) mass is 478 g/mol. The van der Waals surface area contributed by atoms with Crippen LogP contribution in [0.3, 0.4) is 0 Å². The predicted octanol–water partition coefficient (Wildman–Crippen LogP) is 3.24. The van der Waals surface area contributed by atoms with Crippen LogP contribution in [0.4, 0.5) is 5.69 Å². The van der Waals surface area contributed by atoms with Gasteiger partial charge in [0.2, 0.25) is 11.8 Å². The highest BCUT2D eigenvalue weighted by atomic mass is 35.5. The van der Waals surface area contributed by atoms with Gasteiger partial charge in [-0.05, 0) is 36.0 Å². The molecule has 3 aliphatic rings. The molecule has 0 unspecified atom stereocenters. The number of benzene rings is 2. The maximum atomic E-state index is 13.3. The lowest BCUT2D eigenvalue weighted by Gasteiger charge is -2.26. The Morgan fingerprint density at radius 2 is 1.59 bits per heavy atom. The zero-order valence-electron chi connectivity index (χ0n) is 18.2. The summed E-state index contributed by atoms with van der Waals surface area (Å²) in [6, 6.07) is 14.7. The molecule has 5 atom stereocenters. The number of allylic oxidation sites excluding steroid dienone is 2. The number of fused-ring (bicyclic) bond motifs is 5. The number of amides is 3. The molecule has 0 aromatic heterocycles. The van der Waals surface area contributed by atoms with Crippen molar-refractivity contribution in [2.24, 2.45) is 23.7 Å². The van der Waals surface area contributed by atoms with Crippen molar-refractivity contribution in [3.8, 4) is 0 Å². The van der Waals surface area contributed by atoms with Crippen LogP contribution in [-0.2, 0) is 30.3 Å². The molecule has 1 heterocycles. The summed E-state index contributed by atoms with van der Waals surface area (Å²) in [6.07, 6.45) is 4.93. The number of hydrogen-bond donors (Lipinski definition) is 1. The molecular formula is C26H23ClN2O5. The molecule has 34 heavy (non-hydrogen) atoms. The van der Waals surface area contributed by atoms with Gasteiger partial charge in [-0.1, -0.05) is 66.2 Å². The minimum Gasteiger partial charge on any atom is -0.454 e. The largest absolute Gasteiger partial charge is 0.454 e. The molecule has 2 fully saturated rings. The molecule has 1 saturated carbocycles. The normalized spacial score (nSPS) is 25.4. The van der Waals surface area contributed by atoms with Crippen molar-refractivity contribution in [1.29, 1.82) is 0 Å². The molecule has 1 aliphatic heterocycles. The Morgan fingerprint density at radius 1 is 0.971 bits per heavy atom. The van der Waals surface area contributed by atoms with Crippen molar-refractivity contribution in [1.82, 2.24) is 4.90 Å². The van der Waals surface area contributed by atoms with E-state index in [4.69, 9.17) is 16.3 Å². The molecule has 0 radical (unpaired) electrons. The van der Waals surface area contributed by atoms with Crippen LogP contribution in [0.1, 0.15) is 12.0 Å². The number of carbonyl (C=O) groups is 4. The first kappa shape index (κ1) is 22.3. The quantitative estimate of drug-likeness (QED) is 0.374. The van der Waals surface area contributed by atoms with Crippen LogP contribution in [0.5, 0.6) is 0 Å². The topological polar surface area (TPSA) is 92.8 Å². The zero-order chi connectivity index (χ0) is 23.8. The summed E-state index contributed by atoms with van der Waals surface area (Å²) in [5.41, 5.74) is 1.18. The van der Waals surface area contributed by atoms with E-state index in [0.29, 0.717) is 10.7 Å². The van der Waals surface area contributed by atoms with Gasteiger partial charge in [0.25, 0.3) is 5.91 Å². The van der Waals surface area contributed by atoms with Crippen molar-refractivity contribution in [3.63, 3.8) is 0 Å². The number of carbonyl (C=O) groups excluding carboxylic acids is 4. The molecule has 174 valence electrons. The van der Waals surface area contributed by atoms with E-state index in [1.54, 1.807) is 24.3 Å². The summed E-state index contributed by atoms with van der Waals surface area (Å²) in [6.45, 7) is -0.564. The van der Waals surface area contributed by atoms with E-state index in [0.717, 1.165) is 16.9 Å². The van der Waals surface area contributed by atoms with Crippen molar-refractivity contribution in [2.75, 3.05) is 11.9 Å².